The molecular weight excluding hydrogens is 386 g/mol. The molecule has 0 unspecified atom stereocenters. The van der Waals surface area contributed by atoms with E-state index in [0.717, 1.165) is 16.6 Å². The zero-order chi connectivity index (χ0) is 20.4. The number of hydrogen-bond acceptors (Lipinski definition) is 3. The van der Waals surface area contributed by atoms with Gasteiger partial charge in [0.15, 0.2) is 0 Å². The van der Waals surface area contributed by atoms with Crippen LogP contribution in [0.5, 0.6) is 0 Å². The minimum Gasteiger partial charge on any atom is -0.348 e. The molecule has 1 N–H and O–H groups in total. The summed E-state index contributed by atoms with van der Waals surface area (Å²) in [5.74, 6) is -0.198. The average molecular weight is 404 g/mol. The van der Waals surface area contributed by atoms with E-state index in [9.17, 15) is 9.59 Å². The molecule has 144 valence electrons. The number of nitrogens with zero attached hydrogens (tertiary/aromatic N) is 2. The summed E-state index contributed by atoms with van der Waals surface area (Å²) in [4.78, 5) is 29.6. The van der Waals surface area contributed by atoms with Crippen LogP contribution in [0, 0.1) is 0 Å². The number of carbonyl (C=O) groups excluding carboxylic acids is 1. The average Bonchev–Trinajstić information content (AvgIpc) is 2.75. The van der Waals surface area contributed by atoms with Crippen LogP contribution in [0.3, 0.4) is 0 Å². The number of nitrogens with one attached hydrogen (secondary N) is 1. The summed E-state index contributed by atoms with van der Waals surface area (Å²) >= 11 is 5.97. The molecule has 6 heteroatoms. The van der Waals surface area contributed by atoms with Gasteiger partial charge in [0, 0.05) is 29.7 Å². The highest BCUT2D eigenvalue weighted by atomic mass is 35.5. The lowest BCUT2D eigenvalue weighted by atomic mass is 10.1. The molecule has 0 fully saturated rings. The van der Waals surface area contributed by atoms with Crippen molar-refractivity contribution in [2.75, 3.05) is 0 Å². The lowest BCUT2D eigenvalue weighted by Crippen LogP contribution is -2.23. The molecule has 1 aromatic heterocycles. The summed E-state index contributed by atoms with van der Waals surface area (Å²) in [6.45, 7) is 0.383. The Bertz CT molecular complexity index is 1260. The fourth-order valence-corrected chi connectivity index (χ4v) is 3.39. The third kappa shape index (κ3) is 3.91. The topological polar surface area (TPSA) is 64.0 Å². The maximum absolute atomic E-state index is 12.7. The predicted molar refractivity (Wildman–Crippen MR) is 115 cm³/mol. The van der Waals surface area contributed by atoms with Crippen molar-refractivity contribution in [2.45, 2.75) is 6.54 Å². The van der Waals surface area contributed by atoms with Crippen molar-refractivity contribution in [1.29, 1.82) is 0 Å². The van der Waals surface area contributed by atoms with Crippen LogP contribution in [-0.4, -0.2) is 15.5 Å². The van der Waals surface area contributed by atoms with Crippen LogP contribution in [-0.2, 0) is 13.6 Å². The van der Waals surface area contributed by atoms with Gasteiger partial charge in [0.2, 0.25) is 0 Å². The van der Waals surface area contributed by atoms with Crippen LogP contribution in [0.25, 0.3) is 22.3 Å². The number of para-hydroxylation sites is 2. The fraction of sp³-hybridized carbons (Fsp3) is 0.0870. The third-order valence-corrected chi connectivity index (χ3v) is 4.98. The predicted octanol–water partition coefficient (Wildman–Crippen LogP) is 4.18. The van der Waals surface area contributed by atoms with E-state index >= 15 is 0 Å². The van der Waals surface area contributed by atoms with Gasteiger partial charge < -0.3 is 9.88 Å². The highest BCUT2D eigenvalue weighted by molar-refractivity contribution is 6.30. The Morgan fingerprint density at radius 1 is 1.03 bits per heavy atom. The van der Waals surface area contributed by atoms with E-state index < -0.39 is 0 Å². The van der Waals surface area contributed by atoms with Crippen LogP contribution < -0.4 is 10.9 Å². The first kappa shape index (κ1) is 18.9. The first-order valence-electron chi connectivity index (χ1n) is 9.12. The van der Waals surface area contributed by atoms with E-state index in [1.54, 1.807) is 41.9 Å². The molecule has 0 spiro atoms. The molecule has 3 aromatic carbocycles. The van der Waals surface area contributed by atoms with Crippen molar-refractivity contribution in [2.24, 2.45) is 7.05 Å². The third-order valence-electron chi connectivity index (χ3n) is 4.75. The van der Waals surface area contributed by atoms with Crippen molar-refractivity contribution < 1.29 is 4.79 Å². The monoisotopic (exact) mass is 403 g/mol. The maximum Gasteiger partial charge on any atom is 0.277 e. The number of halogens is 1. The van der Waals surface area contributed by atoms with Gasteiger partial charge in [-0.2, -0.15) is 0 Å². The van der Waals surface area contributed by atoms with Gasteiger partial charge in [-0.15, -0.1) is 0 Å². The first-order valence-corrected chi connectivity index (χ1v) is 9.49. The molecule has 0 bridgehead atoms. The number of rotatable bonds is 4. The summed E-state index contributed by atoms with van der Waals surface area (Å²) in [5.41, 5.74) is 3.80. The molecule has 1 heterocycles. The van der Waals surface area contributed by atoms with Crippen LogP contribution in [0.4, 0.5) is 0 Å². The van der Waals surface area contributed by atoms with Gasteiger partial charge in [0.25, 0.3) is 11.5 Å². The molecule has 4 rings (SSSR count). The Morgan fingerprint density at radius 3 is 2.55 bits per heavy atom. The van der Waals surface area contributed by atoms with E-state index in [-0.39, 0.29) is 11.5 Å². The van der Waals surface area contributed by atoms with E-state index in [0.29, 0.717) is 28.4 Å². The van der Waals surface area contributed by atoms with E-state index in [2.05, 4.69) is 10.3 Å². The van der Waals surface area contributed by atoms with Crippen LogP contribution >= 0.6 is 11.6 Å². The van der Waals surface area contributed by atoms with E-state index in [1.165, 1.54) is 0 Å². The minimum absolute atomic E-state index is 0.179. The number of amides is 1. The molecular formula is C23H18ClN3O2. The van der Waals surface area contributed by atoms with Gasteiger partial charge in [0.05, 0.1) is 11.0 Å². The molecule has 0 saturated heterocycles. The molecule has 29 heavy (non-hydrogen) atoms. The Hall–Kier alpha value is -3.44. The summed E-state index contributed by atoms with van der Waals surface area (Å²) in [5, 5.41) is 3.50. The van der Waals surface area contributed by atoms with Crippen molar-refractivity contribution in [3.8, 4) is 11.3 Å². The molecule has 0 saturated carbocycles. The van der Waals surface area contributed by atoms with Crippen molar-refractivity contribution in [3.63, 3.8) is 0 Å². The van der Waals surface area contributed by atoms with Crippen molar-refractivity contribution in [1.82, 2.24) is 14.9 Å². The number of benzene rings is 3. The zero-order valence-electron chi connectivity index (χ0n) is 15.7. The molecule has 0 aliphatic heterocycles. The molecule has 0 radical (unpaired) electrons. The second-order valence-electron chi connectivity index (χ2n) is 6.70. The second-order valence-corrected chi connectivity index (χ2v) is 7.14. The van der Waals surface area contributed by atoms with E-state index in [1.807, 2.05) is 42.5 Å². The number of aromatic nitrogens is 2. The Balaban J connectivity index is 1.56. The van der Waals surface area contributed by atoms with Crippen LogP contribution in [0.15, 0.2) is 77.6 Å². The fourth-order valence-electron chi connectivity index (χ4n) is 3.18. The van der Waals surface area contributed by atoms with Gasteiger partial charge in [-0.3, -0.25) is 9.59 Å². The molecule has 0 aliphatic rings. The highest BCUT2D eigenvalue weighted by Gasteiger charge is 2.12. The van der Waals surface area contributed by atoms with Gasteiger partial charge in [0.1, 0.15) is 5.69 Å². The molecule has 1 amide bonds. The molecule has 0 aliphatic carbocycles. The Kier molecular flexibility index (Phi) is 5.14. The van der Waals surface area contributed by atoms with Crippen LogP contribution in [0.1, 0.15) is 15.9 Å². The molecule has 4 aromatic rings. The van der Waals surface area contributed by atoms with Crippen LogP contribution in [0.2, 0.25) is 5.02 Å². The van der Waals surface area contributed by atoms with Gasteiger partial charge >= 0.3 is 0 Å². The number of carbonyl (C=O) groups is 1. The summed E-state index contributed by atoms with van der Waals surface area (Å²) < 4.78 is 1.59. The second kappa shape index (κ2) is 7.89. The highest BCUT2D eigenvalue weighted by Crippen LogP contribution is 2.18. The summed E-state index contributed by atoms with van der Waals surface area (Å²) in [7, 11) is 1.73. The summed E-state index contributed by atoms with van der Waals surface area (Å²) in [6.07, 6.45) is 0. The maximum atomic E-state index is 12.7. The first-order chi connectivity index (χ1) is 14.0. The lowest BCUT2D eigenvalue weighted by molar-refractivity contribution is 0.0951. The lowest BCUT2D eigenvalue weighted by Gasteiger charge is -2.09. The van der Waals surface area contributed by atoms with E-state index in [4.69, 9.17) is 11.6 Å². The quantitative estimate of drug-likeness (QED) is 0.555. The number of fused-ring (bicyclic) bond motifs is 1. The Morgan fingerprint density at radius 2 is 1.79 bits per heavy atom. The Labute approximate surface area is 172 Å². The minimum atomic E-state index is -0.198. The normalized spacial score (nSPS) is 10.8. The smallest absolute Gasteiger partial charge is 0.277 e. The zero-order valence-corrected chi connectivity index (χ0v) is 16.5. The molecule has 5 nitrogen and oxygen atoms in total. The number of hydrogen-bond donors (Lipinski definition) is 1. The molecule has 0 atom stereocenters. The standard InChI is InChI=1S/C23H18ClN3O2/c1-27-20-8-3-2-7-19(20)26-21(23(27)29)16-9-11-17(12-10-16)22(28)25-14-15-5-4-6-18(24)13-15/h2-13H,14H2,1H3,(H,25,28). The van der Waals surface area contributed by atoms with Gasteiger partial charge in [-0.1, -0.05) is 48.0 Å². The van der Waals surface area contributed by atoms with Crippen molar-refractivity contribution >= 4 is 28.5 Å². The number of aryl methyl sites for hydroxylation is 1. The largest absolute Gasteiger partial charge is 0.348 e. The summed E-state index contributed by atoms with van der Waals surface area (Å²) in [6, 6.07) is 21.7. The van der Waals surface area contributed by atoms with Gasteiger partial charge in [-0.05, 0) is 42.0 Å². The van der Waals surface area contributed by atoms with Crippen molar-refractivity contribution in [3.05, 3.63) is 99.3 Å². The SMILES string of the molecule is Cn1c(=O)c(-c2ccc(C(=O)NCc3cccc(Cl)c3)cc2)nc2ccccc21. The van der Waals surface area contributed by atoms with Gasteiger partial charge in [-0.25, -0.2) is 4.98 Å².